The minimum absolute atomic E-state index is 0.414. The molecule has 0 unspecified atom stereocenters. The second kappa shape index (κ2) is 6.06. The van der Waals surface area contributed by atoms with Crippen LogP contribution in [0.25, 0.3) is 0 Å². The SMILES string of the molecule is CSCCN(C)c1nccc(C)c1C(N)=S. The van der Waals surface area contributed by atoms with E-state index in [2.05, 4.69) is 16.1 Å². The van der Waals surface area contributed by atoms with E-state index in [9.17, 15) is 0 Å². The molecule has 0 spiro atoms. The van der Waals surface area contributed by atoms with Crippen LogP contribution in [-0.4, -0.2) is 35.6 Å². The molecule has 0 saturated heterocycles. The van der Waals surface area contributed by atoms with E-state index in [1.807, 2.05) is 31.8 Å². The topological polar surface area (TPSA) is 42.2 Å². The van der Waals surface area contributed by atoms with Gasteiger partial charge in [0.25, 0.3) is 0 Å². The number of nitrogens with zero attached hydrogens (tertiary/aromatic N) is 2. The molecule has 0 saturated carbocycles. The maximum Gasteiger partial charge on any atom is 0.138 e. The number of anilines is 1. The monoisotopic (exact) mass is 255 g/mol. The van der Waals surface area contributed by atoms with Gasteiger partial charge in [0.1, 0.15) is 10.8 Å². The highest BCUT2D eigenvalue weighted by Gasteiger charge is 2.13. The van der Waals surface area contributed by atoms with E-state index in [0.717, 1.165) is 29.2 Å². The van der Waals surface area contributed by atoms with Crippen LogP contribution >= 0.6 is 24.0 Å². The Morgan fingerprint density at radius 1 is 1.62 bits per heavy atom. The van der Waals surface area contributed by atoms with Gasteiger partial charge in [-0.3, -0.25) is 0 Å². The summed E-state index contributed by atoms with van der Waals surface area (Å²) in [4.78, 5) is 6.87. The van der Waals surface area contributed by atoms with Crippen LogP contribution in [-0.2, 0) is 0 Å². The van der Waals surface area contributed by atoms with Gasteiger partial charge in [-0.05, 0) is 24.8 Å². The second-order valence-electron chi connectivity index (χ2n) is 3.61. The first-order valence-corrected chi connectivity index (χ1v) is 6.83. The molecule has 0 amide bonds. The van der Waals surface area contributed by atoms with Gasteiger partial charge in [0.05, 0.1) is 5.56 Å². The predicted molar refractivity (Wildman–Crippen MR) is 76.5 cm³/mol. The van der Waals surface area contributed by atoms with Gasteiger partial charge in [-0.2, -0.15) is 11.8 Å². The van der Waals surface area contributed by atoms with Crippen molar-refractivity contribution >= 4 is 34.8 Å². The molecule has 0 aromatic carbocycles. The average Bonchev–Trinajstić information content (AvgIpc) is 2.24. The highest BCUT2D eigenvalue weighted by molar-refractivity contribution is 7.98. The predicted octanol–water partition coefficient (Wildman–Crippen LogP) is 1.82. The maximum atomic E-state index is 5.74. The van der Waals surface area contributed by atoms with E-state index >= 15 is 0 Å². The van der Waals surface area contributed by atoms with Gasteiger partial charge in [0.2, 0.25) is 0 Å². The summed E-state index contributed by atoms with van der Waals surface area (Å²) in [6, 6.07) is 1.93. The molecule has 0 fully saturated rings. The van der Waals surface area contributed by atoms with E-state index in [1.54, 1.807) is 6.20 Å². The number of aromatic nitrogens is 1. The lowest BCUT2D eigenvalue weighted by Crippen LogP contribution is -2.26. The van der Waals surface area contributed by atoms with E-state index in [4.69, 9.17) is 18.0 Å². The Morgan fingerprint density at radius 2 is 2.31 bits per heavy atom. The first-order chi connectivity index (χ1) is 7.57. The molecule has 5 heteroatoms. The quantitative estimate of drug-likeness (QED) is 0.813. The molecule has 0 atom stereocenters. The summed E-state index contributed by atoms with van der Waals surface area (Å²) in [7, 11) is 2.01. The average molecular weight is 255 g/mol. The molecule has 1 rings (SSSR count). The largest absolute Gasteiger partial charge is 0.389 e. The zero-order valence-electron chi connectivity index (χ0n) is 9.86. The van der Waals surface area contributed by atoms with Gasteiger partial charge >= 0.3 is 0 Å². The number of thiocarbonyl (C=S) groups is 1. The number of hydrogen-bond acceptors (Lipinski definition) is 4. The van der Waals surface area contributed by atoms with Crippen molar-refractivity contribution in [3.8, 4) is 0 Å². The van der Waals surface area contributed by atoms with Crippen molar-refractivity contribution in [2.75, 3.05) is 30.5 Å². The Hall–Kier alpha value is -0.810. The minimum Gasteiger partial charge on any atom is -0.389 e. The fourth-order valence-corrected chi connectivity index (χ4v) is 2.18. The Kier molecular flexibility index (Phi) is 5.02. The van der Waals surface area contributed by atoms with Crippen molar-refractivity contribution in [3.63, 3.8) is 0 Å². The van der Waals surface area contributed by atoms with E-state index < -0.39 is 0 Å². The van der Waals surface area contributed by atoms with Crippen LogP contribution in [0.3, 0.4) is 0 Å². The van der Waals surface area contributed by atoms with Crippen molar-refractivity contribution in [2.45, 2.75) is 6.92 Å². The molecular formula is C11H17N3S2. The lowest BCUT2D eigenvalue weighted by atomic mass is 10.1. The summed E-state index contributed by atoms with van der Waals surface area (Å²) in [5.74, 6) is 1.93. The van der Waals surface area contributed by atoms with Gasteiger partial charge in [-0.25, -0.2) is 4.98 Å². The molecule has 0 aliphatic carbocycles. The van der Waals surface area contributed by atoms with Crippen LogP contribution in [0.5, 0.6) is 0 Å². The molecule has 0 bridgehead atoms. The number of thioether (sulfide) groups is 1. The van der Waals surface area contributed by atoms with Gasteiger partial charge in [-0.15, -0.1) is 0 Å². The van der Waals surface area contributed by atoms with Crippen molar-refractivity contribution in [1.82, 2.24) is 4.98 Å². The molecule has 0 aliphatic heterocycles. The fourth-order valence-electron chi connectivity index (χ4n) is 1.47. The summed E-state index contributed by atoms with van der Waals surface area (Å²) >= 11 is 6.88. The van der Waals surface area contributed by atoms with Gasteiger partial charge < -0.3 is 10.6 Å². The van der Waals surface area contributed by atoms with Gasteiger partial charge in [0, 0.05) is 25.5 Å². The Bertz CT molecular complexity index is 379. The third-order valence-corrected chi connectivity index (χ3v) is 3.17. The standard InChI is InChI=1S/C11H17N3S2/c1-8-4-5-13-11(9(8)10(12)15)14(2)6-7-16-3/h4-5H,6-7H2,1-3H3,(H2,12,15). The van der Waals surface area contributed by atoms with Crippen LogP contribution in [0.15, 0.2) is 12.3 Å². The summed E-state index contributed by atoms with van der Waals surface area (Å²) in [6.45, 7) is 2.94. The lowest BCUT2D eigenvalue weighted by Gasteiger charge is -2.21. The van der Waals surface area contributed by atoms with Gasteiger partial charge in [0.15, 0.2) is 0 Å². The summed E-state index contributed by atoms with van der Waals surface area (Å²) in [6.07, 6.45) is 3.88. The van der Waals surface area contributed by atoms with E-state index in [1.165, 1.54) is 0 Å². The van der Waals surface area contributed by atoms with Crippen LogP contribution in [0, 0.1) is 6.92 Å². The van der Waals surface area contributed by atoms with E-state index in [0.29, 0.717) is 4.99 Å². The Morgan fingerprint density at radius 3 is 2.88 bits per heavy atom. The number of nitrogens with two attached hydrogens (primary N) is 1. The fraction of sp³-hybridized carbons (Fsp3) is 0.455. The van der Waals surface area contributed by atoms with Crippen LogP contribution in [0.4, 0.5) is 5.82 Å². The third-order valence-electron chi connectivity index (χ3n) is 2.38. The van der Waals surface area contributed by atoms with E-state index in [-0.39, 0.29) is 0 Å². The maximum absolute atomic E-state index is 5.74. The molecule has 1 aromatic heterocycles. The van der Waals surface area contributed by atoms with Gasteiger partial charge in [-0.1, -0.05) is 12.2 Å². The molecule has 3 nitrogen and oxygen atoms in total. The normalized spacial score (nSPS) is 10.2. The third kappa shape index (κ3) is 3.09. The van der Waals surface area contributed by atoms with Crippen molar-refractivity contribution in [2.24, 2.45) is 5.73 Å². The number of aryl methyl sites for hydroxylation is 1. The Labute approximate surface area is 106 Å². The zero-order valence-corrected chi connectivity index (χ0v) is 11.5. The van der Waals surface area contributed by atoms with Crippen LogP contribution in [0.2, 0.25) is 0 Å². The molecule has 1 heterocycles. The van der Waals surface area contributed by atoms with Crippen LogP contribution in [0.1, 0.15) is 11.1 Å². The van der Waals surface area contributed by atoms with Crippen LogP contribution < -0.4 is 10.6 Å². The zero-order chi connectivity index (χ0) is 12.1. The smallest absolute Gasteiger partial charge is 0.138 e. The first-order valence-electron chi connectivity index (χ1n) is 5.03. The molecule has 1 aromatic rings. The van der Waals surface area contributed by atoms with Crippen molar-refractivity contribution in [3.05, 3.63) is 23.4 Å². The molecular weight excluding hydrogens is 238 g/mol. The number of rotatable bonds is 5. The molecule has 16 heavy (non-hydrogen) atoms. The number of pyridine rings is 1. The minimum atomic E-state index is 0.414. The molecule has 2 N–H and O–H groups in total. The summed E-state index contributed by atoms with van der Waals surface area (Å²) < 4.78 is 0. The number of hydrogen-bond donors (Lipinski definition) is 1. The summed E-state index contributed by atoms with van der Waals surface area (Å²) in [5, 5.41) is 0. The molecule has 88 valence electrons. The lowest BCUT2D eigenvalue weighted by molar-refractivity contribution is 0.942. The highest BCUT2D eigenvalue weighted by Crippen LogP contribution is 2.19. The summed E-state index contributed by atoms with van der Waals surface area (Å²) in [5.41, 5.74) is 7.71. The molecule has 0 radical (unpaired) electrons. The Balaban J connectivity index is 3.02. The highest BCUT2D eigenvalue weighted by atomic mass is 32.2. The van der Waals surface area contributed by atoms with Crippen molar-refractivity contribution < 1.29 is 0 Å². The van der Waals surface area contributed by atoms with Crippen molar-refractivity contribution in [1.29, 1.82) is 0 Å². The first kappa shape index (κ1) is 13.3. The second-order valence-corrected chi connectivity index (χ2v) is 5.03. The molecule has 0 aliphatic rings.